The molecule has 0 rings (SSSR count). The molecule has 5 heteroatoms. The first-order valence-electron chi connectivity index (χ1n) is 6.50. The summed E-state index contributed by atoms with van der Waals surface area (Å²) < 4.78 is 4.78. The van der Waals surface area contributed by atoms with Crippen molar-refractivity contribution in [3.63, 3.8) is 0 Å². The van der Waals surface area contributed by atoms with Crippen molar-refractivity contribution < 1.29 is 14.3 Å². The van der Waals surface area contributed by atoms with Crippen LogP contribution in [0.3, 0.4) is 0 Å². The molecule has 0 aromatic rings. The number of carbonyl (C=O) groups excluding carboxylic acids is 2. The maximum Gasteiger partial charge on any atom is 0.409 e. The first kappa shape index (κ1) is 19.1. The number of unbranched alkanes of at least 4 members (excludes halogenated alkanes) is 1. The molecule has 0 radical (unpaired) electrons. The van der Waals surface area contributed by atoms with Crippen molar-refractivity contribution in [2.75, 3.05) is 33.8 Å². The van der Waals surface area contributed by atoms with Crippen molar-refractivity contribution in [3.05, 3.63) is 0 Å². The molecule has 0 aliphatic heterocycles. The predicted molar refractivity (Wildman–Crippen MR) is 73.5 cm³/mol. The van der Waals surface area contributed by atoms with Gasteiger partial charge >= 0.3 is 6.09 Å². The van der Waals surface area contributed by atoms with Crippen LogP contribution in [0.4, 0.5) is 4.79 Å². The lowest BCUT2D eigenvalue weighted by atomic mass is 10.4. The molecule has 0 aliphatic carbocycles. The molecule has 18 heavy (non-hydrogen) atoms. The highest BCUT2D eigenvalue weighted by Gasteiger charge is 2.10. The summed E-state index contributed by atoms with van der Waals surface area (Å²) in [4.78, 5) is 25.0. The number of nitrogens with zero attached hydrogens (tertiary/aromatic N) is 2. The minimum absolute atomic E-state index is 0.0118. The molecule has 0 saturated carbocycles. The smallest absolute Gasteiger partial charge is 0.409 e. The van der Waals surface area contributed by atoms with Crippen LogP contribution in [0.1, 0.15) is 40.5 Å². The Morgan fingerprint density at radius 2 is 1.39 bits per heavy atom. The molecule has 0 atom stereocenters. The van der Waals surface area contributed by atoms with Crippen LogP contribution >= 0.6 is 0 Å². The lowest BCUT2D eigenvalue weighted by molar-refractivity contribution is -0.127. The molecular weight excluding hydrogens is 232 g/mol. The van der Waals surface area contributed by atoms with Crippen LogP contribution in [-0.4, -0.2) is 55.6 Å². The van der Waals surface area contributed by atoms with Gasteiger partial charge in [0.15, 0.2) is 0 Å². The topological polar surface area (TPSA) is 49.9 Å². The minimum atomic E-state index is -0.357. The maximum atomic E-state index is 11.1. The molecule has 0 aromatic carbocycles. The lowest BCUT2D eigenvalue weighted by Crippen LogP contribution is -2.36. The van der Waals surface area contributed by atoms with Gasteiger partial charge in [-0.15, -0.1) is 0 Å². The Hall–Kier alpha value is -1.26. The normalized spacial score (nSPS) is 9.00. The van der Waals surface area contributed by atoms with Crippen LogP contribution in [0.25, 0.3) is 0 Å². The molecule has 0 spiro atoms. The summed E-state index contributed by atoms with van der Waals surface area (Å²) in [5, 5.41) is 0. The molecule has 0 aliphatic rings. The zero-order chi connectivity index (χ0) is 14.6. The highest BCUT2D eigenvalue weighted by molar-refractivity contribution is 5.73. The molecular formula is C13H28N2O3. The Balaban J connectivity index is 0. The summed E-state index contributed by atoms with van der Waals surface area (Å²) in [5.41, 5.74) is 0. The van der Waals surface area contributed by atoms with Gasteiger partial charge in [0.05, 0.1) is 6.61 Å². The first-order valence-corrected chi connectivity index (χ1v) is 6.50. The SMILES string of the molecule is CCCC.CCOC(=O)N(C)CCN(C)C(C)=O. The van der Waals surface area contributed by atoms with Gasteiger partial charge in [-0.3, -0.25) is 4.79 Å². The average molecular weight is 260 g/mol. The van der Waals surface area contributed by atoms with Crippen LogP contribution < -0.4 is 0 Å². The van der Waals surface area contributed by atoms with E-state index in [1.807, 2.05) is 0 Å². The second-order valence-corrected chi connectivity index (χ2v) is 4.06. The predicted octanol–water partition coefficient (Wildman–Crippen LogP) is 2.36. The number of hydrogen-bond acceptors (Lipinski definition) is 3. The van der Waals surface area contributed by atoms with Gasteiger partial charge in [0.2, 0.25) is 5.91 Å². The first-order chi connectivity index (χ1) is 8.40. The summed E-state index contributed by atoms with van der Waals surface area (Å²) in [6.45, 7) is 8.98. The summed E-state index contributed by atoms with van der Waals surface area (Å²) in [6, 6.07) is 0. The molecule has 0 heterocycles. The largest absolute Gasteiger partial charge is 0.450 e. The van der Waals surface area contributed by atoms with Gasteiger partial charge in [-0.25, -0.2) is 4.79 Å². The van der Waals surface area contributed by atoms with Crippen LogP contribution in [0.5, 0.6) is 0 Å². The number of likely N-dealkylation sites (N-methyl/N-ethyl adjacent to an activating group) is 2. The van der Waals surface area contributed by atoms with E-state index < -0.39 is 0 Å². The fraction of sp³-hybridized carbons (Fsp3) is 0.846. The van der Waals surface area contributed by atoms with E-state index >= 15 is 0 Å². The summed E-state index contributed by atoms with van der Waals surface area (Å²) in [5.74, 6) is -0.0118. The zero-order valence-corrected chi connectivity index (χ0v) is 12.7. The fourth-order valence-corrected chi connectivity index (χ4v) is 0.782. The lowest BCUT2D eigenvalue weighted by Gasteiger charge is -2.20. The Kier molecular flexibility index (Phi) is 12.9. The van der Waals surface area contributed by atoms with E-state index in [-0.39, 0.29) is 12.0 Å². The summed E-state index contributed by atoms with van der Waals surface area (Å²) >= 11 is 0. The van der Waals surface area contributed by atoms with Crippen molar-refractivity contribution in [2.24, 2.45) is 0 Å². The molecule has 108 valence electrons. The number of amides is 2. The quantitative estimate of drug-likeness (QED) is 0.762. The molecule has 0 N–H and O–H groups in total. The van der Waals surface area contributed by atoms with Crippen LogP contribution in [0.15, 0.2) is 0 Å². The van der Waals surface area contributed by atoms with E-state index in [0.29, 0.717) is 19.7 Å². The molecule has 0 saturated heterocycles. The summed E-state index contributed by atoms with van der Waals surface area (Å²) in [7, 11) is 3.34. The molecule has 0 bridgehead atoms. The second-order valence-electron chi connectivity index (χ2n) is 4.06. The van der Waals surface area contributed by atoms with E-state index in [9.17, 15) is 9.59 Å². The highest BCUT2D eigenvalue weighted by Crippen LogP contribution is 1.91. The standard InChI is InChI=1S/C9H18N2O3.C4H10/c1-5-14-9(13)11(4)7-6-10(3)8(2)12;1-3-4-2/h5-7H2,1-4H3;3-4H2,1-2H3. The van der Waals surface area contributed by atoms with E-state index in [2.05, 4.69) is 13.8 Å². The van der Waals surface area contributed by atoms with Gasteiger partial charge in [-0.2, -0.15) is 0 Å². The Labute approximate surface area is 111 Å². The number of carbonyl (C=O) groups is 2. The second kappa shape index (κ2) is 12.2. The van der Waals surface area contributed by atoms with Crippen molar-refractivity contribution in [3.8, 4) is 0 Å². The highest BCUT2D eigenvalue weighted by atomic mass is 16.5. The molecule has 2 amide bonds. The molecule has 0 aromatic heterocycles. The molecule has 5 nitrogen and oxygen atoms in total. The van der Waals surface area contributed by atoms with Crippen molar-refractivity contribution in [2.45, 2.75) is 40.5 Å². The third-order valence-electron chi connectivity index (χ3n) is 2.39. The number of hydrogen-bond donors (Lipinski definition) is 0. The third kappa shape index (κ3) is 11.2. The van der Waals surface area contributed by atoms with Crippen molar-refractivity contribution in [1.82, 2.24) is 9.80 Å². The van der Waals surface area contributed by atoms with E-state index in [4.69, 9.17) is 4.74 Å². The van der Waals surface area contributed by atoms with Crippen LogP contribution in [0.2, 0.25) is 0 Å². The average Bonchev–Trinajstić information content (AvgIpc) is 2.35. The summed E-state index contributed by atoms with van der Waals surface area (Å²) in [6.07, 6.45) is 2.28. The zero-order valence-electron chi connectivity index (χ0n) is 12.7. The molecule has 0 fully saturated rings. The van der Waals surface area contributed by atoms with Crippen LogP contribution in [0, 0.1) is 0 Å². The van der Waals surface area contributed by atoms with E-state index in [0.717, 1.165) is 0 Å². The minimum Gasteiger partial charge on any atom is -0.450 e. The Bertz CT molecular complexity index is 230. The maximum absolute atomic E-state index is 11.1. The van der Waals surface area contributed by atoms with Crippen LogP contribution in [-0.2, 0) is 9.53 Å². The Morgan fingerprint density at radius 3 is 1.72 bits per heavy atom. The Morgan fingerprint density at radius 1 is 0.944 bits per heavy atom. The fourth-order valence-electron chi connectivity index (χ4n) is 0.782. The van der Waals surface area contributed by atoms with Gasteiger partial charge in [0.25, 0.3) is 0 Å². The van der Waals surface area contributed by atoms with Crippen molar-refractivity contribution >= 4 is 12.0 Å². The van der Waals surface area contributed by atoms with Gasteiger partial charge in [0.1, 0.15) is 0 Å². The third-order valence-corrected chi connectivity index (χ3v) is 2.39. The molecule has 0 unspecified atom stereocenters. The van der Waals surface area contributed by atoms with Crippen molar-refractivity contribution in [1.29, 1.82) is 0 Å². The van der Waals surface area contributed by atoms with Gasteiger partial charge < -0.3 is 14.5 Å². The van der Waals surface area contributed by atoms with Gasteiger partial charge in [-0.05, 0) is 6.92 Å². The van der Waals surface area contributed by atoms with Gasteiger partial charge in [0, 0.05) is 34.1 Å². The number of rotatable bonds is 5. The van der Waals surface area contributed by atoms with E-state index in [1.54, 1.807) is 25.9 Å². The van der Waals surface area contributed by atoms with E-state index in [1.165, 1.54) is 24.7 Å². The monoisotopic (exact) mass is 260 g/mol. The number of ether oxygens (including phenoxy) is 1. The van der Waals surface area contributed by atoms with Gasteiger partial charge in [-0.1, -0.05) is 26.7 Å².